The van der Waals surface area contributed by atoms with E-state index in [2.05, 4.69) is 10.3 Å². The van der Waals surface area contributed by atoms with Crippen LogP contribution in [0.4, 0.5) is 0 Å². The zero-order valence-electron chi connectivity index (χ0n) is 8.68. The van der Waals surface area contributed by atoms with Crippen LogP contribution in [0.5, 0.6) is 0 Å². The Morgan fingerprint density at radius 1 is 1.53 bits per heavy atom. The van der Waals surface area contributed by atoms with Crippen LogP contribution in [0.25, 0.3) is 0 Å². The Bertz CT molecular complexity index is 335. The van der Waals surface area contributed by atoms with E-state index in [0.29, 0.717) is 12.2 Å². The summed E-state index contributed by atoms with van der Waals surface area (Å²) in [4.78, 5) is 10.6. The monoisotopic (exact) mass is 213 g/mol. The molecule has 2 N–H and O–H groups in total. The maximum absolute atomic E-state index is 10.6. The van der Waals surface area contributed by atoms with Gasteiger partial charge in [0.2, 0.25) is 0 Å². The summed E-state index contributed by atoms with van der Waals surface area (Å²) < 4.78 is 1.57. The first-order chi connectivity index (χ1) is 7.19. The van der Waals surface area contributed by atoms with Crippen molar-refractivity contribution in [3.8, 4) is 0 Å². The number of rotatable bonds is 6. The van der Waals surface area contributed by atoms with Crippen molar-refractivity contribution in [1.29, 1.82) is 0 Å². The Morgan fingerprint density at radius 2 is 2.27 bits per heavy atom. The minimum Gasteiger partial charge on any atom is -0.481 e. The second-order valence-electron chi connectivity index (χ2n) is 3.25. The first-order valence-electron chi connectivity index (χ1n) is 4.93. The smallest absolute Gasteiger partial charge is 0.309 e. The summed E-state index contributed by atoms with van der Waals surface area (Å²) in [6.07, 6.45) is 1.52. The van der Waals surface area contributed by atoms with E-state index < -0.39 is 5.97 Å². The van der Waals surface area contributed by atoms with Crippen molar-refractivity contribution in [3.05, 3.63) is 11.4 Å². The van der Waals surface area contributed by atoms with Crippen LogP contribution < -0.4 is 0 Å². The third kappa shape index (κ3) is 3.02. The van der Waals surface area contributed by atoms with E-state index in [9.17, 15) is 4.79 Å². The maximum Gasteiger partial charge on any atom is 0.309 e. The molecule has 0 aliphatic heterocycles. The molecule has 0 aliphatic carbocycles. The third-order valence-corrected chi connectivity index (χ3v) is 2.04. The second kappa shape index (κ2) is 5.45. The summed E-state index contributed by atoms with van der Waals surface area (Å²) in [5.41, 5.74) is 1.31. The molecule has 0 unspecified atom stereocenters. The summed E-state index contributed by atoms with van der Waals surface area (Å²) in [7, 11) is 0. The zero-order valence-corrected chi connectivity index (χ0v) is 8.68. The largest absolute Gasteiger partial charge is 0.481 e. The number of aliphatic carboxylic acids is 1. The number of carboxylic acid groups (broad SMARTS) is 1. The molecule has 1 aromatic heterocycles. The van der Waals surface area contributed by atoms with E-state index in [0.717, 1.165) is 18.5 Å². The highest BCUT2D eigenvalue weighted by Gasteiger charge is 2.14. The minimum absolute atomic E-state index is 0.0212. The maximum atomic E-state index is 10.6. The molecule has 0 bridgehead atoms. The Labute approximate surface area is 87.5 Å². The highest BCUT2D eigenvalue weighted by atomic mass is 16.4. The molecule has 0 aromatic carbocycles. The van der Waals surface area contributed by atoms with E-state index in [1.807, 2.05) is 6.92 Å². The molecule has 0 radical (unpaired) electrons. The molecule has 0 atom stereocenters. The Balaban J connectivity index is 2.89. The number of carbonyl (C=O) groups is 1. The van der Waals surface area contributed by atoms with Gasteiger partial charge in [-0.15, -0.1) is 5.10 Å². The molecular weight excluding hydrogens is 198 g/mol. The van der Waals surface area contributed by atoms with Gasteiger partial charge in [0.05, 0.1) is 31.0 Å². The fourth-order valence-corrected chi connectivity index (χ4v) is 1.43. The van der Waals surface area contributed by atoms with Gasteiger partial charge in [0.1, 0.15) is 0 Å². The molecule has 0 fully saturated rings. The molecule has 15 heavy (non-hydrogen) atoms. The molecule has 0 saturated heterocycles. The first kappa shape index (κ1) is 11.6. The summed E-state index contributed by atoms with van der Waals surface area (Å²) in [5, 5.41) is 25.1. The number of hydrogen-bond acceptors (Lipinski definition) is 4. The molecule has 1 heterocycles. The van der Waals surface area contributed by atoms with E-state index >= 15 is 0 Å². The topological polar surface area (TPSA) is 88.2 Å². The molecule has 6 nitrogen and oxygen atoms in total. The minimum atomic E-state index is -0.914. The van der Waals surface area contributed by atoms with E-state index in [-0.39, 0.29) is 13.0 Å². The van der Waals surface area contributed by atoms with Crippen LogP contribution in [-0.4, -0.2) is 37.8 Å². The van der Waals surface area contributed by atoms with E-state index in [1.54, 1.807) is 4.68 Å². The van der Waals surface area contributed by atoms with Gasteiger partial charge >= 0.3 is 5.97 Å². The predicted molar refractivity (Wildman–Crippen MR) is 52.4 cm³/mol. The van der Waals surface area contributed by atoms with Crippen LogP contribution in [0.15, 0.2) is 0 Å². The van der Waals surface area contributed by atoms with Crippen molar-refractivity contribution >= 4 is 5.97 Å². The standard InChI is InChI=1S/C9H15N3O3/c1-2-3-8-7(6-9(14)15)10-11-12(8)4-5-13/h13H,2-6H2,1H3,(H,14,15). The van der Waals surface area contributed by atoms with Crippen molar-refractivity contribution in [2.45, 2.75) is 32.7 Å². The molecular formula is C9H15N3O3. The van der Waals surface area contributed by atoms with Crippen LogP contribution in [0.1, 0.15) is 24.7 Å². The highest BCUT2D eigenvalue weighted by molar-refractivity contribution is 5.69. The van der Waals surface area contributed by atoms with Crippen molar-refractivity contribution in [2.75, 3.05) is 6.61 Å². The van der Waals surface area contributed by atoms with Crippen molar-refractivity contribution in [3.63, 3.8) is 0 Å². The fourth-order valence-electron chi connectivity index (χ4n) is 1.43. The van der Waals surface area contributed by atoms with Gasteiger partial charge in [0.15, 0.2) is 0 Å². The Hall–Kier alpha value is -1.43. The van der Waals surface area contributed by atoms with E-state index in [1.165, 1.54) is 0 Å². The number of hydrogen-bond donors (Lipinski definition) is 2. The van der Waals surface area contributed by atoms with Gasteiger partial charge < -0.3 is 10.2 Å². The zero-order chi connectivity index (χ0) is 11.3. The lowest BCUT2D eigenvalue weighted by Gasteiger charge is -2.04. The molecule has 0 aliphatic rings. The summed E-state index contributed by atoms with van der Waals surface area (Å²) in [6.45, 7) is 2.34. The lowest BCUT2D eigenvalue weighted by molar-refractivity contribution is -0.136. The van der Waals surface area contributed by atoms with Gasteiger partial charge in [0.25, 0.3) is 0 Å². The van der Waals surface area contributed by atoms with Gasteiger partial charge in [-0.3, -0.25) is 4.79 Å². The Kier molecular flexibility index (Phi) is 4.23. The number of nitrogens with zero attached hydrogens (tertiary/aromatic N) is 3. The molecule has 84 valence electrons. The summed E-state index contributed by atoms with van der Waals surface area (Å²) in [5.74, 6) is -0.914. The summed E-state index contributed by atoms with van der Waals surface area (Å²) in [6, 6.07) is 0. The van der Waals surface area contributed by atoms with Crippen molar-refractivity contribution in [1.82, 2.24) is 15.0 Å². The van der Waals surface area contributed by atoms with Crippen LogP contribution in [0.3, 0.4) is 0 Å². The fraction of sp³-hybridized carbons (Fsp3) is 0.667. The quantitative estimate of drug-likeness (QED) is 0.686. The number of aromatic nitrogens is 3. The van der Waals surface area contributed by atoms with Gasteiger partial charge in [-0.05, 0) is 6.42 Å². The summed E-state index contributed by atoms with van der Waals surface area (Å²) >= 11 is 0. The number of carboxylic acids is 1. The molecule has 6 heteroatoms. The Morgan fingerprint density at radius 3 is 2.80 bits per heavy atom. The molecule has 0 spiro atoms. The second-order valence-corrected chi connectivity index (χ2v) is 3.25. The van der Waals surface area contributed by atoms with Gasteiger partial charge in [-0.2, -0.15) is 0 Å². The highest BCUT2D eigenvalue weighted by Crippen LogP contribution is 2.09. The average molecular weight is 213 g/mol. The molecule has 0 amide bonds. The SMILES string of the molecule is CCCc1c(CC(=O)O)nnn1CCO. The van der Waals surface area contributed by atoms with Crippen LogP contribution in [0, 0.1) is 0 Å². The lowest BCUT2D eigenvalue weighted by Crippen LogP contribution is -2.10. The van der Waals surface area contributed by atoms with Gasteiger partial charge in [0, 0.05) is 0 Å². The van der Waals surface area contributed by atoms with Gasteiger partial charge in [-0.1, -0.05) is 18.6 Å². The van der Waals surface area contributed by atoms with Crippen LogP contribution in [0.2, 0.25) is 0 Å². The van der Waals surface area contributed by atoms with Crippen LogP contribution in [-0.2, 0) is 24.2 Å². The average Bonchev–Trinajstić information content (AvgIpc) is 2.51. The van der Waals surface area contributed by atoms with Crippen molar-refractivity contribution < 1.29 is 15.0 Å². The number of aliphatic hydroxyl groups is 1. The predicted octanol–water partition coefficient (Wildman–Crippen LogP) is -0.150. The third-order valence-electron chi connectivity index (χ3n) is 2.04. The van der Waals surface area contributed by atoms with Crippen LogP contribution >= 0.6 is 0 Å². The molecule has 1 aromatic rings. The van der Waals surface area contributed by atoms with E-state index in [4.69, 9.17) is 10.2 Å². The lowest BCUT2D eigenvalue weighted by atomic mass is 10.1. The normalized spacial score (nSPS) is 10.5. The van der Waals surface area contributed by atoms with Gasteiger partial charge in [-0.25, -0.2) is 4.68 Å². The molecule has 0 saturated carbocycles. The first-order valence-corrected chi connectivity index (χ1v) is 4.93. The number of aliphatic hydroxyl groups excluding tert-OH is 1. The van der Waals surface area contributed by atoms with Crippen molar-refractivity contribution in [2.24, 2.45) is 0 Å². The molecule has 1 rings (SSSR count).